The predicted molar refractivity (Wildman–Crippen MR) is 26.4 cm³/mol. The van der Waals surface area contributed by atoms with Crippen LogP contribution in [0.25, 0.3) is 0 Å². The van der Waals surface area contributed by atoms with Crippen LogP contribution in [-0.4, -0.2) is 4.92 Å². The quantitative estimate of drug-likeness (QED) is 0.387. The summed E-state index contributed by atoms with van der Waals surface area (Å²) in [5.74, 6) is 0. The molecule has 0 aromatic rings. The summed E-state index contributed by atoms with van der Waals surface area (Å²) in [6.45, 7) is 1.85. The van der Waals surface area contributed by atoms with E-state index in [1.807, 2.05) is 6.92 Å². The Hall–Kier alpha value is -0.860. The topological polar surface area (TPSA) is 43.1 Å². The van der Waals surface area contributed by atoms with Crippen molar-refractivity contribution in [2.24, 2.45) is 0 Å². The van der Waals surface area contributed by atoms with Crippen molar-refractivity contribution in [3.05, 3.63) is 22.4 Å². The summed E-state index contributed by atoms with van der Waals surface area (Å²) in [5, 5.41) is 9.48. The minimum absolute atomic E-state index is 0.469. The molecule has 3 nitrogen and oxygen atoms in total. The van der Waals surface area contributed by atoms with Gasteiger partial charge in [0.1, 0.15) is 0 Å². The van der Waals surface area contributed by atoms with Crippen LogP contribution >= 0.6 is 0 Å². The Kier molecular flexibility index (Phi) is 2.92. The molecule has 0 saturated carbocycles. The van der Waals surface area contributed by atoms with E-state index in [-0.39, 0.29) is 0 Å². The lowest BCUT2D eigenvalue weighted by Crippen LogP contribution is -1.80. The van der Waals surface area contributed by atoms with E-state index in [4.69, 9.17) is 0 Å². The van der Waals surface area contributed by atoms with Gasteiger partial charge < -0.3 is 0 Å². The van der Waals surface area contributed by atoms with Gasteiger partial charge in [0.15, 0.2) is 0 Å². The normalized spacial score (nSPS) is 9.86. The van der Waals surface area contributed by atoms with Gasteiger partial charge in [-0.15, -0.1) is 0 Å². The monoisotopic (exact) mass is 101 g/mol. The molecule has 0 aliphatic carbocycles. The molecule has 0 aliphatic rings. The average Bonchev–Trinajstić information content (AvgIpc) is 1.61. The molecule has 0 rings (SSSR count). The zero-order valence-corrected chi connectivity index (χ0v) is 4.13. The third-order valence-corrected chi connectivity index (χ3v) is 0.463. The number of nitrogens with zero attached hydrogens (tertiary/aromatic N) is 1. The second-order valence-corrected chi connectivity index (χ2v) is 1.08. The lowest BCUT2D eigenvalue weighted by molar-refractivity contribution is -0.402. The summed E-state index contributed by atoms with van der Waals surface area (Å²) in [6, 6.07) is 0. The summed E-state index contributed by atoms with van der Waals surface area (Å²) >= 11 is 0. The van der Waals surface area contributed by atoms with Crippen LogP contribution in [0.3, 0.4) is 0 Å². The smallest absolute Gasteiger partial charge is 0.230 e. The van der Waals surface area contributed by atoms with Gasteiger partial charge in [-0.05, 0) is 12.5 Å². The molecule has 0 N–H and O–H groups in total. The van der Waals surface area contributed by atoms with Gasteiger partial charge in [-0.25, -0.2) is 0 Å². The molecule has 7 heavy (non-hydrogen) atoms. The van der Waals surface area contributed by atoms with E-state index in [0.717, 1.165) is 12.6 Å². The Bertz CT molecular complexity index is 87.7. The van der Waals surface area contributed by atoms with Crippen LogP contribution in [0.15, 0.2) is 12.3 Å². The van der Waals surface area contributed by atoms with Gasteiger partial charge in [0.25, 0.3) is 0 Å². The Balaban J connectivity index is 3.26. The van der Waals surface area contributed by atoms with Crippen LogP contribution in [-0.2, 0) is 0 Å². The second kappa shape index (κ2) is 3.33. The van der Waals surface area contributed by atoms with Gasteiger partial charge in [0.2, 0.25) is 6.20 Å². The highest BCUT2D eigenvalue weighted by Gasteiger charge is 1.77. The predicted octanol–water partition coefficient (Wildman–Crippen LogP) is 1.19. The van der Waals surface area contributed by atoms with E-state index in [2.05, 4.69) is 0 Å². The van der Waals surface area contributed by atoms with Gasteiger partial charge in [-0.1, -0.05) is 6.92 Å². The summed E-state index contributed by atoms with van der Waals surface area (Å²) < 4.78 is 0. The standard InChI is InChI=1S/C4H7NO2/c1-2-3-4-5(6)7/h3-4H,2H2,1H3/b4-3-. The summed E-state index contributed by atoms with van der Waals surface area (Å²) in [7, 11) is 0. The van der Waals surface area contributed by atoms with Crippen molar-refractivity contribution in [1.29, 1.82) is 0 Å². The molecule has 0 radical (unpaired) electrons. The van der Waals surface area contributed by atoms with Crippen LogP contribution in [0, 0.1) is 10.1 Å². The fourth-order valence-corrected chi connectivity index (χ4v) is 0.191. The maximum atomic E-state index is 9.48. The number of allylic oxidation sites excluding steroid dienone is 1. The van der Waals surface area contributed by atoms with Gasteiger partial charge in [0.05, 0.1) is 4.92 Å². The molecule has 0 bridgehead atoms. The van der Waals surface area contributed by atoms with Crippen molar-refractivity contribution in [1.82, 2.24) is 0 Å². The third-order valence-electron chi connectivity index (χ3n) is 0.463. The largest absolute Gasteiger partial charge is 0.259 e. The fraction of sp³-hybridized carbons (Fsp3) is 0.500. The third kappa shape index (κ3) is 5.14. The van der Waals surface area contributed by atoms with Crippen LogP contribution in [0.1, 0.15) is 13.3 Å². The summed E-state index contributed by atoms with van der Waals surface area (Å²) in [6.07, 6.45) is 3.17. The lowest BCUT2D eigenvalue weighted by atomic mass is 10.5. The molecule has 0 unspecified atom stereocenters. The van der Waals surface area contributed by atoms with E-state index in [1.165, 1.54) is 6.08 Å². The molecule has 40 valence electrons. The van der Waals surface area contributed by atoms with Crippen LogP contribution < -0.4 is 0 Å². The summed E-state index contributed by atoms with van der Waals surface area (Å²) in [5.41, 5.74) is 0. The van der Waals surface area contributed by atoms with Crippen LogP contribution in [0.5, 0.6) is 0 Å². The highest BCUT2D eigenvalue weighted by Crippen LogP contribution is 1.77. The summed E-state index contributed by atoms with van der Waals surface area (Å²) in [4.78, 5) is 9.01. The number of hydrogen-bond donors (Lipinski definition) is 0. The molecule has 0 aromatic carbocycles. The number of nitro groups is 1. The first-order chi connectivity index (χ1) is 3.27. The van der Waals surface area contributed by atoms with E-state index < -0.39 is 4.92 Å². The molecule has 0 aromatic heterocycles. The maximum absolute atomic E-state index is 9.48. The zero-order valence-electron chi connectivity index (χ0n) is 4.13. The molecule has 0 saturated heterocycles. The van der Waals surface area contributed by atoms with Crippen LogP contribution in [0.4, 0.5) is 0 Å². The molecule has 0 atom stereocenters. The maximum Gasteiger partial charge on any atom is 0.230 e. The second-order valence-electron chi connectivity index (χ2n) is 1.08. The van der Waals surface area contributed by atoms with Gasteiger partial charge >= 0.3 is 0 Å². The molecular weight excluding hydrogens is 94.0 g/mol. The van der Waals surface area contributed by atoms with E-state index in [9.17, 15) is 10.1 Å². The first kappa shape index (κ1) is 6.14. The van der Waals surface area contributed by atoms with Crippen molar-refractivity contribution in [2.75, 3.05) is 0 Å². The van der Waals surface area contributed by atoms with Crippen molar-refractivity contribution in [3.8, 4) is 0 Å². The van der Waals surface area contributed by atoms with E-state index in [1.54, 1.807) is 0 Å². The lowest BCUT2D eigenvalue weighted by Gasteiger charge is -1.72. The molecule has 0 aliphatic heterocycles. The highest BCUT2D eigenvalue weighted by atomic mass is 16.6. The van der Waals surface area contributed by atoms with Crippen molar-refractivity contribution >= 4 is 0 Å². The fourth-order valence-electron chi connectivity index (χ4n) is 0.191. The Morgan fingerprint density at radius 3 is 2.57 bits per heavy atom. The molecule has 3 heteroatoms. The van der Waals surface area contributed by atoms with Crippen molar-refractivity contribution < 1.29 is 4.92 Å². The molecular formula is C4H7NO2. The molecule has 0 fully saturated rings. The average molecular weight is 101 g/mol. The van der Waals surface area contributed by atoms with Gasteiger partial charge in [-0.3, -0.25) is 10.1 Å². The number of hydrogen-bond acceptors (Lipinski definition) is 2. The highest BCUT2D eigenvalue weighted by molar-refractivity contribution is 4.68. The Morgan fingerprint density at radius 1 is 1.86 bits per heavy atom. The van der Waals surface area contributed by atoms with Crippen molar-refractivity contribution in [2.45, 2.75) is 13.3 Å². The first-order valence-corrected chi connectivity index (χ1v) is 2.07. The number of rotatable bonds is 2. The van der Waals surface area contributed by atoms with Gasteiger partial charge in [0, 0.05) is 0 Å². The van der Waals surface area contributed by atoms with E-state index in [0.29, 0.717) is 0 Å². The minimum Gasteiger partial charge on any atom is -0.259 e. The Labute approximate surface area is 41.8 Å². The molecule has 0 spiro atoms. The van der Waals surface area contributed by atoms with Gasteiger partial charge in [-0.2, -0.15) is 0 Å². The Morgan fingerprint density at radius 2 is 2.43 bits per heavy atom. The molecule has 0 heterocycles. The zero-order chi connectivity index (χ0) is 5.70. The minimum atomic E-state index is -0.469. The van der Waals surface area contributed by atoms with Crippen LogP contribution in [0.2, 0.25) is 0 Å². The first-order valence-electron chi connectivity index (χ1n) is 2.07. The van der Waals surface area contributed by atoms with E-state index >= 15 is 0 Å². The molecule has 0 amide bonds. The van der Waals surface area contributed by atoms with Crippen molar-refractivity contribution in [3.63, 3.8) is 0 Å². The SMILES string of the molecule is CC/C=C\[N+](=O)[O-].